The first kappa shape index (κ1) is 20.2. The van der Waals surface area contributed by atoms with Gasteiger partial charge in [0.1, 0.15) is 23.7 Å². The van der Waals surface area contributed by atoms with E-state index in [1.54, 1.807) is 30.3 Å². The molecule has 1 aromatic carbocycles. The normalized spacial score (nSPS) is 24.8. The first-order chi connectivity index (χ1) is 14.4. The van der Waals surface area contributed by atoms with Gasteiger partial charge in [-0.2, -0.15) is 0 Å². The van der Waals surface area contributed by atoms with Gasteiger partial charge in [0, 0.05) is 23.6 Å². The molecule has 0 unspecified atom stereocenters. The molecule has 0 spiro atoms. The Labute approximate surface area is 176 Å². The van der Waals surface area contributed by atoms with E-state index in [1.165, 1.54) is 21.6 Å². The van der Waals surface area contributed by atoms with Crippen LogP contribution in [0, 0.1) is 0 Å². The van der Waals surface area contributed by atoms with Gasteiger partial charge in [0.2, 0.25) is 17.7 Å². The van der Waals surface area contributed by atoms with E-state index in [2.05, 4.69) is 5.32 Å². The Morgan fingerprint density at radius 2 is 2.00 bits per heavy atom. The van der Waals surface area contributed by atoms with E-state index in [4.69, 9.17) is 5.73 Å². The molecule has 30 heavy (non-hydrogen) atoms. The molecule has 0 bridgehead atoms. The Morgan fingerprint density at radius 1 is 1.27 bits per heavy atom. The van der Waals surface area contributed by atoms with Crippen LogP contribution >= 0.6 is 11.8 Å². The first-order valence-corrected chi connectivity index (χ1v) is 10.4. The van der Waals surface area contributed by atoms with Crippen molar-refractivity contribution in [1.82, 2.24) is 9.80 Å². The minimum absolute atomic E-state index is 0.0911. The summed E-state index contributed by atoms with van der Waals surface area (Å²) in [6.07, 6.45) is 1.94. The number of nitrogens with two attached hydrogens (primary N) is 1. The van der Waals surface area contributed by atoms with Crippen molar-refractivity contribution in [3.8, 4) is 0 Å². The van der Waals surface area contributed by atoms with Crippen LogP contribution in [0.3, 0.4) is 0 Å². The maximum Gasteiger partial charge on any atom is 0.352 e. The number of carboxylic acids is 1. The Hall–Kier alpha value is -3.11. The predicted molar refractivity (Wildman–Crippen MR) is 110 cm³/mol. The number of rotatable bonds is 5. The summed E-state index contributed by atoms with van der Waals surface area (Å²) in [5.41, 5.74) is 7.10. The summed E-state index contributed by atoms with van der Waals surface area (Å²) >= 11 is 1.38. The quantitative estimate of drug-likeness (QED) is 0.456. The van der Waals surface area contributed by atoms with Crippen LogP contribution in [0.25, 0.3) is 0 Å². The minimum Gasteiger partial charge on any atom is -0.477 e. The van der Waals surface area contributed by atoms with Crippen molar-refractivity contribution in [3.63, 3.8) is 0 Å². The van der Waals surface area contributed by atoms with E-state index in [-0.39, 0.29) is 29.4 Å². The third-order valence-corrected chi connectivity index (χ3v) is 6.52. The standard InChI is InChI=1S/C20H20N4O5S/c21-15-18(27)24-16(20(28)29)12(10-30-19(15)24)8-11-6-7-23(17(11)26)9-14(25)22-13-4-2-1-3-5-13/h1-5,8,15,19H,6-7,9-10,21H2,(H,22,25)(H,28,29)/t15-,19-/m1/s1. The molecule has 156 valence electrons. The van der Waals surface area contributed by atoms with Crippen molar-refractivity contribution in [1.29, 1.82) is 0 Å². The number of para-hydroxylation sites is 1. The van der Waals surface area contributed by atoms with Crippen LogP contribution in [0.1, 0.15) is 6.42 Å². The Morgan fingerprint density at radius 3 is 2.70 bits per heavy atom. The van der Waals surface area contributed by atoms with Gasteiger partial charge in [-0.15, -0.1) is 11.8 Å². The molecule has 2 atom stereocenters. The lowest BCUT2D eigenvalue weighted by Gasteiger charge is -2.47. The maximum absolute atomic E-state index is 12.7. The second-order valence-corrected chi connectivity index (χ2v) is 8.28. The summed E-state index contributed by atoms with van der Waals surface area (Å²) in [4.78, 5) is 51.4. The number of hydrogen-bond donors (Lipinski definition) is 3. The molecule has 0 radical (unpaired) electrons. The SMILES string of the molecule is N[C@@H]1C(=O)N2C(C(=O)O)=C(C=C3CCN(CC(=O)Nc4ccccc4)C3=O)CS[C@H]12. The van der Waals surface area contributed by atoms with Crippen molar-refractivity contribution in [2.45, 2.75) is 17.8 Å². The number of nitrogens with zero attached hydrogens (tertiary/aromatic N) is 2. The highest BCUT2D eigenvalue weighted by Crippen LogP contribution is 2.40. The van der Waals surface area contributed by atoms with Gasteiger partial charge in [-0.05, 0) is 30.2 Å². The fraction of sp³-hybridized carbons (Fsp3) is 0.300. The zero-order chi connectivity index (χ0) is 21.4. The number of hydrogen-bond acceptors (Lipinski definition) is 6. The molecule has 10 heteroatoms. The summed E-state index contributed by atoms with van der Waals surface area (Å²) in [5, 5.41) is 12.0. The second-order valence-electron chi connectivity index (χ2n) is 7.18. The van der Waals surface area contributed by atoms with Gasteiger partial charge >= 0.3 is 5.97 Å². The summed E-state index contributed by atoms with van der Waals surface area (Å²) in [6, 6.07) is 8.24. The highest BCUT2D eigenvalue weighted by Gasteiger charge is 2.51. The summed E-state index contributed by atoms with van der Waals surface area (Å²) in [7, 11) is 0. The van der Waals surface area contributed by atoms with Crippen molar-refractivity contribution in [3.05, 3.63) is 53.3 Å². The molecule has 9 nitrogen and oxygen atoms in total. The van der Waals surface area contributed by atoms with Crippen LogP contribution in [-0.2, 0) is 19.2 Å². The van der Waals surface area contributed by atoms with E-state index in [1.807, 2.05) is 6.07 Å². The predicted octanol–water partition coefficient (Wildman–Crippen LogP) is 0.365. The van der Waals surface area contributed by atoms with Crippen LogP contribution in [0.4, 0.5) is 5.69 Å². The van der Waals surface area contributed by atoms with Crippen molar-refractivity contribution in [2.24, 2.45) is 5.73 Å². The molecule has 3 aliphatic rings. The number of amides is 3. The first-order valence-electron chi connectivity index (χ1n) is 9.38. The largest absolute Gasteiger partial charge is 0.477 e. The zero-order valence-electron chi connectivity index (χ0n) is 15.9. The fourth-order valence-corrected chi connectivity index (χ4v) is 4.96. The number of likely N-dealkylation sites (tertiary alicyclic amines) is 1. The van der Waals surface area contributed by atoms with E-state index >= 15 is 0 Å². The lowest BCUT2D eigenvalue weighted by molar-refractivity contribution is -0.147. The molecule has 3 amide bonds. The third kappa shape index (κ3) is 3.59. The number of nitrogens with one attached hydrogen (secondary N) is 1. The molecule has 0 aromatic heterocycles. The molecule has 2 saturated heterocycles. The number of allylic oxidation sites excluding steroid dienone is 1. The Balaban J connectivity index is 1.48. The summed E-state index contributed by atoms with van der Waals surface area (Å²) in [6.45, 7) is 0.276. The number of benzene rings is 1. The van der Waals surface area contributed by atoms with E-state index < -0.39 is 17.9 Å². The number of carboxylic acid groups (broad SMARTS) is 1. The molecule has 4 rings (SSSR count). The fourth-order valence-electron chi connectivity index (χ4n) is 3.71. The Bertz CT molecular complexity index is 990. The van der Waals surface area contributed by atoms with Crippen molar-refractivity contribution < 1.29 is 24.3 Å². The van der Waals surface area contributed by atoms with Crippen LogP contribution in [0.15, 0.2) is 53.3 Å². The third-order valence-electron chi connectivity index (χ3n) is 5.19. The summed E-state index contributed by atoms with van der Waals surface area (Å²) < 4.78 is 0. The average molecular weight is 428 g/mol. The van der Waals surface area contributed by atoms with E-state index in [0.29, 0.717) is 35.6 Å². The van der Waals surface area contributed by atoms with Crippen LogP contribution < -0.4 is 11.1 Å². The molecule has 3 aliphatic heterocycles. The lowest BCUT2D eigenvalue weighted by Crippen LogP contribution is -2.68. The number of carbonyl (C=O) groups excluding carboxylic acids is 3. The van der Waals surface area contributed by atoms with Crippen LogP contribution in [0.5, 0.6) is 0 Å². The number of fused-ring (bicyclic) bond motifs is 1. The molecule has 1 aromatic rings. The average Bonchev–Trinajstić information content (AvgIpc) is 3.06. The second kappa shape index (κ2) is 7.96. The molecule has 3 heterocycles. The van der Waals surface area contributed by atoms with Crippen molar-refractivity contribution in [2.75, 3.05) is 24.2 Å². The van der Waals surface area contributed by atoms with Gasteiger partial charge in [-0.25, -0.2) is 4.79 Å². The summed E-state index contributed by atoms with van der Waals surface area (Å²) in [5.74, 6) is -1.93. The smallest absolute Gasteiger partial charge is 0.352 e. The highest BCUT2D eigenvalue weighted by molar-refractivity contribution is 8.00. The van der Waals surface area contributed by atoms with Gasteiger partial charge in [0.25, 0.3) is 0 Å². The van der Waals surface area contributed by atoms with Crippen LogP contribution in [-0.4, -0.2) is 68.9 Å². The van der Waals surface area contributed by atoms with Gasteiger partial charge < -0.3 is 21.1 Å². The minimum atomic E-state index is -1.23. The van der Waals surface area contributed by atoms with E-state index in [0.717, 1.165) is 0 Å². The molecule has 0 saturated carbocycles. The molecular weight excluding hydrogens is 408 g/mol. The molecular formula is C20H20N4O5S. The van der Waals surface area contributed by atoms with E-state index in [9.17, 15) is 24.3 Å². The number of β-lactam (4-membered cyclic amide) rings is 1. The topological polar surface area (TPSA) is 133 Å². The number of carbonyl (C=O) groups is 4. The van der Waals surface area contributed by atoms with Crippen molar-refractivity contribution >= 4 is 41.1 Å². The van der Waals surface area contributed by atoms with Gasteiger partial charge in [0.05, 0.1) is 0 Å². The van der Waals surface area contributed by atoms with Gasteiger partial charge in [-0.3, -0.25) is 19.3 Å². The molecule has 2 fully saturated rings. The lowest BCUT2D eigenvalue weighted by atomic mass is 10.0. The number of thioether (sulfide) groups is 1. The maximum atomic E-state index is 12.7. The highest BCUT2D eigenvalue weighted by atomic mass is 32.2. The molecule has 4 N–H and O–H groups in total. The number of aliphatic carboxylic acids is 1. The Kier molecular flexibility index (Phi) is 5.35. The number of anilines is 1. The van der Waals surface area contributed by atoms with Gasteiger partial charge in [-0.1, -0.05) is 18.2 Å². The zero-order valence-corrected chi connectivity index (χ0v) is 16.7. The monoisotopic (exact) mass is 428 g/mol. The van der Waals surface area contributed by atoms with Crippen LogP contribution in [0.2, 0.25) is 0 Å². The molecule has 0 aliphatic carbocycles. The van der Waals surface area contributed by atoms with Gasteiger partial charge in [0.15, 0.2) is 0 Å².